The van der Waals surface area contributed by atoms with Crippen molar-refractivity contribution in [2.45, 2.75) is 31.8 Å². The molecule has 35 heavy (non-hydrogen) atoms. The minimum atomic E-state index is -2.17. The Hall–Kier alpha value is -2.30. The Labute approximate surface area is 213 Å². The van der Waals surface area contributed by atoms with E-state index in [1.165, 1.54) is 27.0 Å². The topological polar surface area (TPSA) is 3.24 Å². The van der Waals surface area contributed by atoms with Gasteiger partial charge in [0.15, 0.2) is 0 Å². The summed E-state index contributed by atoms with van der Waals surface area (Å²) in [6.45, 7) is 13.7. The van der Waals surface area contributed by atoms with Crippen molar-refractivity contribution in [1.29, 1.82) is 0 Å². The lowest BCUT2D eigenvalue weighted by Gasteiger charge is -2.49. The first kappa shape index (κ1) is 24.4. The molecular weight excluding hydrogens is 460 g/mol. The van der Waals surface area contributed by atoms with E-state index in [0.29, 0.717) is 5.66 Å². The van der Waals surface area contributed by atoms with Crippen LogP contribution in [0.2, 0.25) is 0 Å². The van der Waals surface area contributed by atoms with Gasteiger partial charge in [0.05, 0.1) is 35.5 Å². The zero-order valence-electron chi connectivity index (χ0n) is 20.6. The summed E-state index contributed by atoms with van der Waals surface area (Å²) in [6.07, 6.45) is 3.33. The zero-order valence-corrected chi connectivity index (χ0v) is 22.4. The second kappa shape index (κ2) is 10.4. The van der Waals surface area contributed by atoms with Gasteiger partial charge in [0.2, 0.25) is 0 Å². The number of hydrogen-bond donors (Lipinski definition) is 0. The molecule has 0 aliphatic carbocycles. The summed E-state index contributed by atoms with van der Waals surface area (Å²) in [5.41, 5.74) is 3.23. The molecule has 5 rings (SSSR count). The van der Waals surface area contributed by atoms with Crippen molar-refractivity contribution in [3.8, 4) is 0 Å². The van der Waals surface area contributed by atoms with Crippen LogP contribution in [-0.2, 0) is 6.42 Å². The number of benzene rings is 4. The molecule has 1 nitrogen and oxygen atoms in total. The lowest BCUT2D eigenvalue weighted by Crippen LogP contribution is -2.39. The van der Waals surface area contributed by atoms with Crippen LogP contribution in [0.5, 0.6) is 0 Å². The number of fused-ring (bicyclic) bond motifs is 1. The van der Waals surface area contributed by atoms with Crippen LogP contribution in [0, 0.1) is 13.3 Å². The van der Waals surface area contributed by atoms with Crippen LogP contribution in [0.4, 0.5) is 0 Å². The van der Waals surface area contributed by atoms with Gasteiger partial charge in [-0.3, -0.25) is 0 Å². The second-order valence-electron chi connectivity index (χ2n) is 9.48. The average molecular weight is 496 g/mol. The van der Waals surface area contributed by atoms with Gasteiger partial charge < -0.3 is 0 Å². The Morgan fingerprint density at radius 3 is 1.86 bits per heavy atom. The molecule has 0 amide bonds. The van der Waals surface area contributed by atoms with Gasteiger partial charge >= 0.3 is 0 Å². The highest BCUT2D eigenvalue weighted by Gasteiger charge is 2.58. The minimum Gasteiger partial charge on any atom is -0.154 e. The maximum absolute atomic E-state index is 5.26. The molecule has 2 atom stereocenters. The van der Waals surface area contributed by atoms with E-state index in [1.54, 1.807) is 0 Å². The lowest BCUT2D eigenvalue weighted by molar-refractivity contribution is 0.626. The molecule has 0 saturated carbocycles. The summed E-state index contributed by atoms with van der Waals surface area (Å²) in [5.74, 6) is 0. The van der Waals surface area contributed by atoms with E-state index < -0.39 is 14.8 Å². The molecule has 0 spiro atoms. The van der Waals surface area contributed by atoms with Crippen LogP contribution in [0.1, 0.15) is 36.6 Å². The van der Waals surface area contributed by atoms with Gasteiger partial charge in [-0.1, -0.05) is 98.3 Å². The van der Waals surface area contributed by atoms with Crippen LogP contribution in [0.25, 0.3) is 0 Å². The summed E-state index contributed by atoms with van der Waals surface area (Å²) in [4.78, 5) is 0. The van der Waals surface area contributed by atoms with E-state index in [-0.39, 0.29) is 0 Å². The SMILES string of the molecule is [CH2-][P+](c1ccccc1)(c1ccccc1)N(CCCC)[P+]1([CH2-])c2ccccc2C[C@@H]1c1ccccc1. The molecule has 3 heteroatoms. The maximum Gasteiger partial charge on any atom is 0.0957 e. The minimum absolute atomic E-state index is 0.367. The molecule has 1 unspecified atom stereocenters. The Bertz CT molecular complexity index is 1200. The number of nitrogens with zero attached hydrogens (tertiary/aromatic N) is 1. The monoisotopic (exact) mass is 495 g/mol. The van der Waals surface area contributed by atoms with Crippen molar-refractivity contribution in [1.82, 2.24) is 4.44 Å². The van der Waals surface area contributed by atoms with E-state index in [2.05, 4.69) is 127 Å². The van der Waals surface area contributed by atoms with E-state index in [4.69, 9.17) is 13.3 Å². The van der Waals surface area contributed by atoms with Crippen molar-refractivity contribution in [3.05, 3.63) is 140 Å². The van der Waals surface area contributed by atoms with E-state index in [9.17, 15) is 0 Å². The van der Waals surface area contributed by atoms with Crippen molar-refractivity contribution in [3.63, 3.8) is 0 Å². The van der Waals surface area contributed by atoms with Gasteiger partial charge in [-0.05, 0) is 47.9 Å². The van der Waals surface area contributed by atoms with E-state index in [0.717, 1.165) is 25.8 Å². The fraction of sp³-hybridized carbons (Fsp3) is 0.188. The molecule has 0 radical (unpaired) electrons. The fourth-order valence-electron chi connectivity index (χ4n) is 5.60. The summed E-state index contributed by atoms with van der Waals surface area (Å²) in [5, 5.41) is 4.13. The van der Waals surface area contributed by atoms with Crippen LogP contribution < -0.4 is 15.9 Å². The standard InChI is InChI=1S/C32H35NP2/c1-4-5-25-33(34(2,29-20-11-7-12-21-29)30-22-13-8-14-23-30)35(3)31-24-16-15-19-28(31)26-32(35)27-17-9-6-10-18-27/h6-24,32H,2-5,25-26H2,1H3/t32-,35?/m1/s1. The fourth-order valence-corrected chi connectivity index (χ4v) is 15.3. The second-order valence-corrected chi connectivity index (χ2v) is 16.1. The van der Waals surface area contributed by atoms with Gasteiger partial charge in [-0.25, -0.2) is 0 Å². The van der Waals surface area contributed by atoms with E-state index in [1.807, 2.05) is 0 Å². The molecule has 0 aromatic heterocycles. The highest BCUT2D eigenvalue weighted by Crippen LogP contribution is 2.83. The van der Waals surface area contributed by atoms with Gasteiger partial charge in [-0.15, -0.1) is 11.1 Å². The molecule has 4 aromatic carbocycles. The first-order chi connectivity index (χ1) is 17.1. The normalized spacial score (nSPS) is 19.6. The lowest BCUT2D eigenvalue weighted by atomic mass is 10.0. The number of unbranched alkanes of at least 4 members (excludes halogenated alkanes) is 1. The predicted molar refractivity (Wildman–Crippen MR) is 157 cm³/mol. The molecular formula is C32H35NP2. The predicted octanol–water partition coefficient (Wildman–Crippen LogP) is 7.81. The number of rotatable bonds is 8. The van der Waals surface area contributed by atoms with Crippen molar-refractivity contribution in [2.24, 2.45) is 0 Å². The molecule has 0 saturated heterocycles. The molecule has 1 aliphatic rings. The number of hydrogen-bond acceptors (Lipinski definition) is 1. The molecule has 0 fully saturated rings. The molecule has 0 N–H and O–H groups in total. The molecule has 1 heterocycles. The summed E-state index contributed by atoms with van der Waals surface area (Å²) in [7, 11) is -4.24. The highest BCUT2D eigenvalue weighted by atomic mass is 31.2. The smallest absolute Gasteiger partial charge is 0.0957 e. The molecule has 1 aliphatic heterocycles. The zero-order chi connectivity index (χ0) is 24.3. The van der Waals surface area contributed by atoms with Crippen molar-refractivity contribution < 1.29 is 0 Å². The van der Waals surface area contributed by atoms with Crippen LogP contribution in [0.15, 0.2) is 115 Å². The summed E-state index contributed by atoms with van der Waals surface area (Å²) < 4.78 is 2.84. The first-order valence-electron chi connectivity index (χ1n) is 12.6. The Balaban J connectivity index is 1.78. The van der Waals surface area contributed by atoms with Crippen LogP contribution >= 0.6 is 14.8 Å². The van der Waals surface area contributed by atoms with Gasteiger partial charge in [0.25, 0.3) is 0 Å². The largest absolute Gasteiger partial charge is 0.154 e. The third kappa shape index (κ3) is 4.29. The van der Waals surface area contributed by atoms with Crippen molar-refractivity contribution >= 4 is 30.7 Å². The van der Waals surface area contributed by atoms with Gasteiger partial charge in [0, 0.05) is 13.8 Å². The van der Waals surface area contributed by atoms with Gasteiger partial charge in [0.1, 0.15) is 0 Å². The van der Waals surface area contributed by atoms with Crippen molar-refractivity contribution in [2.75, 3.05) is 6.54 Å². The Morgan fingerprint density at radius 1 is 0.771 bits per heavy atom. The Morgan fingerprint density at radius 2 is 1.29 bits per heavy atom. The third-order valence-corrected chi connectivity index (χ3v) is 16.4. The average Bonchev–Trinajstić information content (AvgIpc) is 3.23. The Kier molecular flexibility index (Phi) is 7.22. The van der Waals surface area contributed by atoms with Crippen LogP contribution in [0.3, 0.4) is 0 Å². The van der Waals surface area contributed by atoms with E-state index >= 15 is 0 Å². The first-order valence-corrected chi connectivity index (χ1v) is 16.5. The molecule has 4 aromatic rings. The molecule has 0 bridgehead atoms. The molecule has 178 valence electrons. The third-order valence-electron chi connectivity index (χ3n) is 7.41. The van der Waals surface area contributed by atoms with Crippen LogP contribution in [-0.4, -0.2) is 11.0 Å². The summed E-state index contributed by atoms with van der Waals surface area (Å²) >= 11 is 0. The quantitative estimate of drug-likeness (QED) is 0.178. The van der Waals surface area contributed by atoms with Gasteiger partial charge in [-0.2, -0.15) is 6.66 Å². The highest BCUT2D eigenvalue weighted by molar-refractivity contribution is 7.99. The summed E-state index contributed by atoms with van der Waals surface area (Å²) in [6, 6.07) is 42.2. The maximum atomic E-state index is 5.26.